The van der Waals surface area contributed by atoms with Gasteiger partial charge in [0.15, 0.2) is 0 Å². The molecule has 0 saturated heterocycles. The molecule has 3 rings (SSSR count). The Labute approximate surface area is 128 Å². The lowest BCUT2D eigenvalue weighted by Gasteiger charge is -2.06. The maximum absolute atomic E-state index is 11.9. The number of aromatic nitrogens is 3. The van der Waals surface area contributed by atoms with Crippen LogP contribution < -0.4 is 5.32 Å². The maximum atomic E-state index is 11.9. The smallest absolute Gasteiger partial charge is 0.230 e. The molecule has 2 aromatic heterocycles. The van der Waals surface area contributed by atoms with Crippen LogP contribution in [0.2, 0.25) is 0 Å². The zero-order chi connectivity index (χ0) is 15.2. The molecule has 0 atom stereocenters. The predicted molar refractivity (Wildman–Crippen MR) is 84.0 cm³/mol. The Balaban J connectivity index is 1.65. The average molecular weight is 290 g/mol. The molecule has 1 N–H and O–H groups in total. The molecule has 0 bridgehead atoms. The predicted octanol–water partition coefficient (Wildman–Crippen LogP) is 2.72. The van der Waals surface area contributed by atoms with E-state index in [1.54, 1.807) is 24.7 Å². The first-order chi connectivity index (χ1) is 10.8. The van der Waals surface area contributed by atoms with E-state index >= 15 is 0 Å². The molecule has 22 heavy (non-hydrogen) atoms. The van der Waals surface area contributed by atoms with Gasteiger partial charge in [-0.05, 0) is 23.3 Å². The molecule has 108 valence electrons. The molecule has 2 heterocycles. The third-order valence-corrected chi connectivity index (χ3v) is 3.12. The number of pyridine rings is 1. The molecule has 0 aliphatic carbocycles. The van der Waals surface area contributed by atoms with Crippen LogP contribution in [-0.4, -0.2) is 20.9 Å². The molecule has 0 unspecified atom stereocenters. The highest BCUT2D eigenvalue weighted by atomic mass is 16.1. The van der Waals surface area contributed by atoms with E-state index in [4.69, 9.17) is 0 Å². The first kappa shape index (κ1) is 13.9. The minimum absolute atomic E-state index is 0.144. The van der Waals surface area contributed by atoms with Crippen LogP contribution in [0.1, 0.15) is 5.56 Å². The van der Waals surface area contributed by atoms with Crippen molar-refractivity contribution in [1.82, 2.24) is 15.0 Å². The molecule has 0 fully saturated rings. The highest BCUT2D eigenvalue weighted by Gasteiger charge is 2.05. The summed E-state index contributed by atoms with van der Waals surface area (Å²) in [5, 5.41) is 2.76. The molecule has 1 aromatic carbocycles. The van der Waals surface area contributed by atoms with E-state index < -0.39 is 0 Å². The Bertz CT molecular complexity index is 743. The van der Waals surface area contributed by atoms with E-state index in [9.17, 15) is 4.79 Å². The van der Waals surface area contributed by atoms with Gasteiger partial charge in [-0.2, -0.15) is 0 Å². The maximum Gasteiger partial charge on any atom is 0.230 e. The van der Waals surface area contributed by atoms with Crippen molar-refractivity contribution in [2.45, 2.75) is 6.42 Å². The number of amides is 1. The SMILES string of the molecule is O=C(Cc1cncnc1)Nc1ccc(-c2ccccc2)cn1. The Morgan fingerprint density at radius 2 is 1.68 bits per heavy atom. The topological polar surface area (TPSA) is 67.8 Å². The van der Waals surface area contributed by atoms with Gasteiger partial charge in [-0.25, -0.2) is 15.0 Å². The Morgan fingerprint density at radius 3 is 2.36 bits per heavy atom. The minimum atomic E-state index is -0.144. The van der Waals surface area contributed by atoms with Gasteiger partial charge in [0.05, 0.1) is 6.42 Å². The highest BCUT2D eigenvalue weighted by molar-refractivity contribution is 5.91. The van der Waals surface area contributed by atoms with Crippen molar-refractivity contribution in [1.29, 1.82) is 0 Å². The van der Waals surface area contributed by atoms with Crippen LogP contribution in [0.15, 0.2) is 67.4 Å². The fourth-order valence-electron chi connectivity index (χ4n) is 2.06. The third-order valence-electron chi connectivity index (χ3n) is 3.12. The van der Waals surface area contributed by atoms with Gasteiger partial charge in [0.1, 0.15) is 12.1 Å². The van der Waals surface area contributed by atoms with E-state index in [-0.39, 0.29) is 12.3 Å². The van der Waals surface area contributed by atoms with Crippen LogP contribution in [0.3, 0.4) is 0 Å². The van der Waals surface area contributed by atoms with Crippen molar-refractivity contribution in [2.75, 3.05) is 5.32 Å². The van der Waals surface area contributed by atoms with Crippen molar-refractivity contribution in [3.05, 3.63) is 72.9 Å². The second-order valence-electron chi connectivity index (χ2n) is 4.77. The van der Waals surface area contributed by atoms with E-state index in [1.807, 2.05) is 36.4 Å². The van der Waals surface area contributed by atoms with Crippen LogP contribution >= 0.6 is 0 Å². The molecule has 0 saturated carbocycles. The van der Waals surface area contributed by atoms with Gasteiger partial charge in [-0.1, -0.05) is 30.3 Å². The largest absolute Gasteiger partial charge is 0.310 e. The minimum Gasteiger partial charge on any atom is -0.310 e. The number of nitrogens with zero attached hydrogens (tertiary/aromatic N) is 3. The average Bonchev–Trinajstić information content (AvgIpc) is 2.57. The first-order valence-electron chi connectivity index (χ1n) is 6.86. The Morgan fingerprint density at radius 1 is 0.909 bits per heavy atom. The molecule has 1 amide bonds. The number of carbonyl (C=O) groups is 1. The van der Waals surface area contributed by atoms with Gasteiger partial charge in [-0.3, -0.25) is 4.79 Å². The molecule has 5 heteroatoms. The van der Waals surface area contributed by atoms with Crippen LogP contribution in [0, 0.1) is 0 Å². The molecular weight excluding hydrogens is 276 g/mol. The van der Waals surface area contributed by atoms with Crippen molar-refractivity contribution in [2.24, 2.45) is 0 Å². The van der Waals surface area contributed by atoms with Gasteiger partial charge in [0.25, 0.3) is 0 Å². The number of hydrogen-bond acceptors (Lipinski definition) is 4. The summed E-state index contributed by atoms with van der Waals surface area (Å²) in [5.41, 5.74) is 2.87. The second-order valence-corrected chi connectivity index (χ2v) is 4.77. The lowest BCUT2D eigenvalue weighted by Crippen LogP contribution is -2.15. The Hall–Kier alpha value is -3.08. The highest BCUT2D eigenvalue weighted by Crippen LogP contribution is 2.18. The molecule has 3 aromatic rings. The molecule has 5 nitrogen and oxygen atoms in total. The summed E-state index contributed by atoms with van der Waals surface area (Å²) < 4.78 is 0. The van der Waals surface area contributed by atoms with Crippen molar-refractivity contribution < 1.29 is 4.79 Å². The van der Waals surface area contributed by atoms with Gasteiger partial charge >= 0.3 is 0 Å². The first-order valence-corrected chi connectivity index (χ1v) is 6.86. The van der Waals surface area contributed by atoms with Crippen LogP contribution in [0.25, 0.3) is 11.1 Å². The van der Waals surface area contributed by atoms with E-state index in [1.165, 1.54) is 6.33 Å². The van der Waals surface area contributed by atoms with Gasteiger partial charge in [0.2, 0.25) is 5.91 Å². The molecule has 0 aliphatic rings. The van der Waals surface area contributed by atoms with Crippen LogP contribution in [0.5, 0.6) is 0 Å². The summed E-state index contributed by atoms with van der Waals surface area (Å²) in [6.45, 7) is 0. The monoisotopic (exact) mass is 290 g/mol. The van der Waals surface area contributed by atoms with E-state index in [2.05, 4.69) is 20.3 Å². The normalized spacial score (nSPS) is 10.2. The van der Waals surface area contributed by atoms with Gasteiger partial charge < -0.3 is 5.32 Å². The van der Waals surface area contributed by atoms with Crippen molar-refractivity contribution >= 4 is 11.7 Å². The fourth-order valence-corrected chi connectivity index (χ4v) is 2.06. The van der Waals surface area contributed by atoms with Gasteiger partial charge in [-0.15, -0.1) is 0 Å². The summed E-state index contributed by atoms with van der Waals surface area (Å²) in [6, 6.07) is 13.7. The zero-order valence-corrected chi connectivity index (χ0v) is 11.8. The third kappa shape index (κ3) is 3.52. The van der Waals surface area contributed by atoms with Gasteiger partial charge in [0, 0.05) is 24.2 Å². The number of hydrogen-bond donors (Lipinski definition) is 1. The molecule has 0 radical (unpaired) electrons. The molecular formula is C17H14N4O. The number of carbonyl (C=O) groups excluding carboxylic acids is 1. The van der Waals surface area contributed by atoms with Crippen molar-refractivity contribution in [3.63, 3.8) is 0 Å². The second kappa shape index (κ2) is 6.58. The number of anilines is 1. The summed E-state index contributed by atoms with van der Waals surface area (Å²) in [6.07, 6.45) is 6.65. The summed E-state index contributed by atoms with van der Waals surface area (Å²) in [4.78, 5) is 24.0. The lowest BCUT2D eigenvalue weighted by atomic mass is 10.1. The van der Waals surface area contributed by atoms with Crippen LogP contribution in [0.4, 0.5) is 5.82 Å². The summed E-state index contributed by atoms with van der Waals surface area (Å²) in [7, 11) is 0. The number of rotatable bonds is 4. The number of benzene rings is 1. The lowest BCUT2D eigenvalue weighted by molar-refractivity contribution is -0.115. The van der Waals surface area contributed by atoms with E-state index in [0.29, 0.717) is 5.82 Å². The standard InChI is InChI=1S/C17H14N4O/c22-17(8-13-9-18-12-19-10-13)21-16-7-6-15(11-20-16)14-4-2-1-3-5-14/h1-7,9-12H,8H2,(H,20,21,22). The van der Waals surface area contributed by atoms with E-state index in [0.717, 1.165) is 16.7 Å². The number of nitrogens with one attached hydrogen (secondary N) is 1. The quantitative estimate of drug-likeness (QED) is 0.802. The van der Waals surface area contributed by atoms with Crippen molar-refractivity contribution in [3.8, 4) is 11.1 Å². The Kier molecular flexibility index (Phi) is 4.15. The summed E-state index contributed by atoms with van der Waals surface area (Å²) in [5.74, 6) is 0.385. The molecule has 0 aliphatic heterocycles. The summed E-state index contributed by atoms with van der Waals surface area (Å²) >= 11 is 0. The molecule has 0 spiro atoms. The van der Waals surface area contributed by atoms with Crippen LogP contribution in [-0.2, 0) is 11.2 Å². The fraction of sp³-hybridized carbons (Fsp3) is 0.0588. The zero-order valence-electron chi connectivity index (χ0n) is 11.8.